The molecule has 0 aliphatic heterocycles. The molecule has 0 unspecified atom stereocenters. The van der Waals surface area contributed by atoms with Crippen molar-refractivity contribution in [1.29, 1.82) is 0 Å². The van der Waals surface area contributed by atoms with Gasteiger partial charge in [0.15, 0.2) is 0 Å². The van der Waals surface area contributed by atoms with E-state index in [9.17, 15) is 4.39 Å². The van der Waals surface area contributed by atoms with Crippen molar-refractivity contribution in [3.8, 4) is 0 Å². The van der Waals surface area contributed by atoms with E-state index >= 15 is 0 Å². The van der Waals surface area contributed by atoms with Crippen molar-refractivity contribution in [1.82, 2.24) is 4.98 Å². The van der Waals surface area contributed by atoms with Crippen molar-refractivity contribution in [2.24, 2.45) is 0 Å². The van der Waals surface area contributed by atoms with Gasteiger partial charge in [-0.15, -0.1) is 0 Å². The summed E-state index contributed by atoms with van der Waals surface area (Å²) in [6.45, 7) is 0. The molecule has 0 aliphatic rings. The Labute approximate surface area is 130 Å². The standard InChI is InChI=1S/C16H13BrFN3/c1-21(14-5-3-2-4-12(14)18)15-7-6-13(19)11-8-10(17)9-20-16(11)15/h2-9H,19H2,1H3. The summed E-state index contributed by atoms with van der Waals surface area (Å²) in [6, 6.07) is 12.2. The van der Waals surface area contributed by atoms with E-state index in [-0.39, 0.29) is 5.82 Å². The number of aromatic nitrogens is 1. The van der Waals surface area contributed by atoms with E-state index in [4.69, 9.17) is 5.73 Å². The van der Waals surface area contributed by atoms with E-state index in [1.807, 2.05) is 25.2 Å². The Bertz CT molecular complexity index is 820. The summed E-state index contributed by atoms with van der Waals surface area (Å²) >= 11 is 3.39. The van der Waals surface area contributed by atoms with Gasteiger partial charge in [-0.1, -0.05) is 12.1 Å². The molecule has 0 saturated carbocycles. The highest BCUT2D eigenvalue weighted by molar-refractivity contribution is 9.10. The average Bonchev–Trinajstić information content (AvgIpc) is 2.48. The summed E-state index contributed by atoms with van der Waals surface area (Å²) in [7, 11) is 1.81. The van der Waals surface area contributed by atoms with Crippen LogP contribution in [0.15, 0.2) is 53.1 Å². The number of pyridine rings is 1. The summed E-state index contributed by atoms with van der Waals surface area (Å²) in [6.07, 6.45) is 1.71. The fourth-order valence-corrected chi connectivity index (χ4v) is 2.66. The van der Waals surface area contributed by atoms with Crippen LogP contribution in [0.5, 0.6) is 0 Å². The van der Waals surface area contributed by atoms with Crippen LogP contribution in [0.1, 0.15) is 0 Å². The Kier molecular flexibility index (Phi) is 3.51. The van der Waals surface area contributed by atoms with Gasteiger partial charge in [0.25, 0.3) is 0 Å². The van der Waals surface area contributed by atoms with Crippen molar-refractivity contribution in [3.05, 3.63) is 59.0 Å². The third-order valence-electron chi connectivity index (χ3n) is 3.40. The molecule has 0 bridgehead atoms. The maximum absolute atomic E-state index is 14.0. The Balaban J connectivity index is 2.21. The van der Waals surface area contributed by atoms with Crippen LogP contribution < -0.4 is 10.6 Å². The number of hydrogen-bond donors (Lipinski definition) is 1. The first kappa shape index (κ1) is 13.8. The molecule has 0 spiro atoms. The molecular formula is C16H13BrFN3. The molecule has 0 atom stereocenters. The molecule has 5 heteroatoms. The van der Waals surface area contributed by atoms with Crippen molar-refractivity contribution < 1.29 is 4.39 Å². The molecule has 106 valence electrons. The quantitative estimate of drug-likeness (QED) is 0.696. The largest absolute Gasteiger partial charge is 0.398 e. The minimum atomic E-state index is -0.276. The second-order valence-electron chi connectivity index (χ2n) is 4.73. The van der Waals surface area contributed by atoms with Gasteiger partial charge in [-0.2, -0.15) is 0 Å². The molecule has 3 rings (SSSR count). The summed E-state index contributed by atoms with van der Waals surface area (Å²) < 4.78 is 14.8. The molecule has 1 heterocycles. The molecule has 0 fully saturated rings. The number of hydrogen-bond acceptors (Lipinski definition) is 3. The van der Waals surface area contributed by atoms with Crippen molar-refractivity contribution >= 4 is 43.9 Å². The first-order valence-corrected chi connectivity index (χ1v) is 7.19. The topological polar surface area (TPSA) is 42.1 Å². The Morgan fingerprint density at radius 3 is 2.67 bits per heavy atom. The van der Waals surface area contributed by atoms with E-state index in [0.29, 0.717) is 11.4 Å². The molecule has 3 nitrogen and oxygen atoms in total. The van der Waals surface area contributed by atoms with Gasteiger partial charge in [-0.25, -0.2) is 4.39 Å². The number of nitrogen functional groups attached to an aromatic ring is 1. The number of fused-ring (bicyclic) bond motifs is 1. The fourth-order valence-electron chi connectivity index (χ4n) is 2.33. The minimum absolute atomic E-state index is 0.276. The molecule has 2 aromatic carbocycles. The van der Waals surface area contributed by atoms with Crippen LogP contribution in [0.2, 0.25) is 0 Å². The average molecular weight is 346 g/mol. The Hall–Kier alpha value is -2.14. The number of anilines is 3. The number of rotatable bonds is 2. The van der Waals surface area contributed by atoms with E-state index in [0.717, 1.165) is 21.1 Å². The zero-order valence-corrected chi connectivity index (χ0v) is 12.9. The molecule has 0 amide bonds. The molecule has 1 aromatic heterocycles. The molecular weight excluding hydrogens is 333 g/mol. The van der Waals surface area contributed by atoms with Crippen LogP contribution >= 0.6 is 15.9 Å². The summed E-state index contributed by atoms with van der Waals surface area (Å²) in [5.74, 6) is -0.276. The van der Waals surface area contributed by atoms with Crippen LogP contribution in [0.25, 0.3) is 10.9 Å². The molecule has 21 heavy (non-hydrogen) atoms. The number of para-hydroxylation sites is 1. The van der Waals surface area contributed by atoms with Gasteiger partial charge >= 0.3 is 0 Å². The number of halogens is 2. The first-order chi connectivity index (χ1) is 10.1. The lowest BCUT2D eigenvalue weighted by Crippen LogP contribution is -2.12. The second kappa shape index (κ2) is 5.33. The van der Waals surface area contributed by atoms with Crippen molar-refractivity contribution in [2.75, 3.05) is 17.7 Å². The number of nitrogens with two attached hydrogens (primary N) is 1. The van der Waals surface area contributed by atoms with E-state index in [1.54, 1.807) is 29.3 Å². The SMILES string of the molecule is CN(c1ccccc1F)c1ccc(N)c2cc(Br)cnc12. The molecule has 3 aromatic rings. The van der Waals surface area contributed by atoms with Gasteiger partial charge in [0.05, 0.1) is 16.9 Å². The normalized spacial score (nSPS) is 10.8. The highest BCUT2D eigenvalue weighted by Gasteiger charge is 2.14. The zero-order valence-electron chi connectivity index (χ0n) is 11.3. The second-order valence-corrected chi connectivity index (χ2v) is 5.65. The highest BCUT2D eigenvalue weighted by Crippen LogP contribution is 2.34. The molecule has 2 N–H and O–H groups in total. The maximum atomic E-state index is 14.0. The lowest BCUT2D eigenvalue weighted by molar-refractivity contribution is 0.628. The predicted octanol–water partition coefficient (Wildman–Crippen LogP) is 4.49. The predicted molar refractivity (Wildman–Crippen MR) is 88.3 cm³/mol. The Morgan fingerprint density at radius 1 is 1.14 bits per heavy atom. The number of nitrogens with zero attached hydrogens (tertiary/aromatic N) is 2. The maximum Gasteiger partial charge on any atom is 0.146 e. The lowest BCUT2D eigenvalue weighted by atomic mass is 10.1. The van der Waals surface area contributed by atoms with Gasteiger partial charge in [-0.05, 0) is 46.3 Å². The Morgan fingerprint density at radius 2 is 1.90 bits per heavy atom. The van der Waals surface area contributed by atoms with Crippen molar-refractivity contribution in [2.45, 2.75) is 0 Å². The van der Waals surface area contributed by atoms with Gasteiger partial charge in [0.2, 0.25) is 0 Å². The van der Waals surface area contributed by atoms with Gasteiger partial charge in [0, 0.05) is 28.8 Å². The van der Waals surface area contributed by atoms with Crippen LogP contribution in [-0.4, -0.2) is 12.0 Å². The summed E-state index contributed by atoms with van der Waals surface area (Å²) in [5.41, 5.74) is 8.69. The summed E-state index contributed by atoms with van der Waals surface area (Å²) in [5, 5.41) is 0.838. The van der Waals surface area contributed by atoms with E-state index < -0.39 is 0 Å². The van der Waals surface area contributed by atoms with Crippen molar-refractivity contribution in [3.63, 3.8) is 0 Å². The third kappa shape index (κ3) is 2.45. The smallest absolute Gasteiger partial charge is 0.146 e. The van der Waals surface area contributed by atoms with Gasteiger partial charge in [-0.3, -0.25) is 4.98 Å². The van der Waals surface area contributed by atoms with E-state index in [1.165, 1.54) is 6.07 Å². The molecule has 0 saturated heterocycles. The van der Waals surface area contributed by atoms with Crippen LogP contribution in [0.3, 0.4) is 0 Å². The van der Waals surface area contributed by atoms with Crippen LogP contribution in [0, 0.1) is 5.82 Å². The fraction of sp³-hybridized carbons (Fsp3) is 0.0625. The van der Waals surface area contributed by atoms with Gasteiger partial charge < -0.3 is 10.6 Å². The zero-order chi connectivity index (χ0) is 15.0. The van der Waals surface area contributed by atoms with Crippen LogP contribution in [-0.2, 0) is 0 Å². The summed E-state index contributed by atoms with van der Waals surface area (Å²) in [4.78, 5) is 6.20. The van der Waals surface area contributed by atoms with Crippen LogP contribution in [0.4, 0.5) is 21.5 Å². The molecule has 0 aliphatic carbocycles. The number of benzene rings is 2. The monoisotopic (exact) mass is 345 g/mol. The first-order valence-electron chi connectivity index (χ1n) is 6.40. The van der Waals surface area contributed by atoms with Gasteiger partial charge in [0.1, 0.15) is 5.82 Å². The molecule has 0 radical (unpaired) electrons. The highest BCUT2D eigenvalue weighted by atomic mass is 79.9. The lowest BCUT2D eigenvalue weighted by Gasteiger charge is -2.21. The minimum Gasteiger partial charge on any atom is -0.398 e. The third-order valence-corrected chi connectivity index (χ3v) is 3.84. The van der Waals surface area contributed by atoms with E-state index in [2.05, 4.69) is 20.9 Å².